The van der Waals surface area contributed by atoms with E-state index in [1.54, 1.807) is 6.20 Å². The van der Waals surface area contributed by atoms with Gasteiger partial charge in [0.15, 0.2) is 0 Å². The monoisotopic (exact) mass is 285 g/mol. The highest BCUT2D eigenvalue weighted by atomic mass is 15.3. The van der Waals surface area contributed by atoms with E-state index in [2.05, 4.69) is 15.4 Å². The van der Waals surface area contributed by atoms with Crippen LogP contribution in [0.15, 0.2) is 18.5 Å². The van der Waals surface area contributed by atoms with Gasteiger partial charge in [0.05, 0.1) is 11.4 Å². The topological polar surface area (TPSA) is 55.6 Å². The van der Waals surface area contributed by atoms with Crippen LogP contribution in [0.25, 0.3) is 11.4 Å². The molecule has 5 nitrogen and oxygen atoms in total. The van der Waals surface area contributed by atoms with Crippen molar-refractivity contribution in [2.24, 2.45) is 7.05 Å². The predicted octanol–water partition coefficient (Wildman–Crippen LogP) is 3.32. The number of rotatable bonds is 3. The van der Waals surface area contributed by atoms with Crippen LogP contribution in [-0.2, 0) is 7.05 Å². The summed E-state index contributed by atoms with van der Waals surface area (Å²) in [7, 11) is 1.94. The Morgan fingerprint density at radius 3 is 2.62 bits per heavy atom. The molecule has 2 heterocycles. The Kier molecular flexibility index (Phi) is 4.18. The number of nitrogens with one attached hydrogen (secondary N) is 1. The summed E-state index contributed by atoms with van der Waals surface area (Å²) in [5, 5.41) is 7.75. The Hall–Kier alpha value is -1.91. The highest BCUT2D eigenvalue weighted by Crippen LogP contribution is 2.23. The minimum absolute atomic E-state index is 0.509. The third kappa shape index (κ3) is 3.23. The van der Waals surface area contributed by atoms with E-state index in [1.165, 1.54) is 38.5 Å². The van der Waals surface area contributed by atoms with Crippen LogP contribution < -0.4 is 5.32 Å². The molecule has 1 aliphatic rings. The fraction of sp³-hybridized carbons (Fsp3) is 0.562. The Balaban J connectivity index is 1.82. The molecule has 112 valence electrons. The van der Waals surface area contributed by atoms with Crippen LogP contribution in [0, 0.1) is 6.92 Å². The van der Waals surface area contributed by atoms with Crippen molar-refractivity contribution in [3.05, 3.63) is 24.0 Å². The Morgan fingerprint density at radius 2 is 1.95 bits per heavy atom. The van der Waals surface area contributed by atoms with Crippen molar-refractivity contribution in [2.75, 3.05) is 5.32 Å². The van der Waals surface area contributed by atoms with Crippen LogP contribution >= 0.6 is 0 Å². The summed E-state index contributed by atoms with van der Waals surface area (Å²) < 4.78 is 1.85. The molecule has 0 bridgehead atoms. The third-order valence-corrected chi connectivity index (χ3v) is 4.22. The number of hydrogen-bond donors (Lipinski definition) is 1. The molecule has 2 aromatic heterocycles. The van der Waals surface area contributed by atoms with Gasteiger partial charge in [-0.25, -0.2) is 9.97 Å². The average molecular weight is 285 g/mol. The number of aryl methyl sites for hydroxylation is 2. The molecule has 1 aliphatic carbocycles. The maximum absolute atomic E-state index is 4.72. The van der Waals surface area contributed by atoms with Gasteiger partial charge in [-0.15, -0.1) is 0 Å². The number of nitrogens with zero attached hydrogens (tertiary/aromatic N) is 4. The van der Waals surface area contributed by atoms with Crippen LogP contribution in [0.5, 0.6) is 0 Å². The first-order valence-corrected chi connectivity index (χ1v) is 7.82. The van der Waals surface area contributed by atoms with E-state index in [4.69, 9.17) is 4.98 Å². The molecule has 0 atom stereocenters. The van der Waals surface area contributed by atoms with Crippen LogP contribution in [-0.4, -0.2) is 25.8 Å². The highest BCUT2D eigenvalue weighted by Gasteiger charge is 2.15. The van der Waals surface area contributed by atoms with Crippen molar-refractivity contribution >= 4 is 5.95 Å². The molecule has 0 saturated heterocycles. The van der Waals surface area contributed by atoms with Crippen molar-refractivity contribution in [3.63, 3.8) is 0 Å². The van der Waals surface area contributed by atoms with Crippen LogP contribution in [0.3, 0.4) is 0 Å². The highest BCUT2D eigenvalue weighted by molar-refractivity contribution is 5.59. The Bertz CT molecular complexity index is 596. The summed E-state index contributed by atoms with van der Waals surface area (Å²) in [5.74, 6) is 0.740. The number of hydrogen-bond acceptors (Lipinski definition) is 4. The summed E-state index contributed by atoms with van der Waals surface area (Å²) in [6.07, 6.45) is 11.5. The van der Waals surface area contributed by atoms with Crippen molar-refractivity contribution < 1.29 is 0 Å². The van der Waals surface area contributed by atoms with Gasteiger partial charge in [0.1, 0.15) is 0 Å². The van der Waals surface area contributed by atoms with Crippen molar-refractivity contribution in [1.82, 2.24) is 19.7 Å². The van der Waals surface area contributed by atoms with Gasteiger partial charge in [0.2, 0.25) is 5.95 Å². The van der Waals surface area contributed by atoms with Crippen molar-refractivity contribution in [1.29, 1.82) is 0 Å². The van der Waals surface area contributed by atoms with Gasteiger partial charge in [0, 0.05) is 25.5 Å². The lowest BCUT2D eigenvalue weighted by atomic mass is 10.1. The summed E-state index contributed by atoms with van der Waals surface area (Å²) in [6, 6.07) is 2.50. The number of aromatic nitrogens is 4. The zero-order valence-corrected chi connectivity index (χ0v) is 12.8. The standard InChI is InChI=1S/C16H23N5/c1-12-11-17-16(19-13-7-5-3-4-6-8-13)20-15(12)14-9-10-18-21(14)2/h9-11,13H,3-8H2,1-2H3,(H,17,19,20). The molecule has 1 saturated carbocycles. The third-order valence-electron chi connectivity index (χ3n) is 4.22. The lowest BCUT2D eigenvalue weighted by molar-refractivity contribution is 0.614. The van der Waals surface area contributed by atoms with Gasteiger partial charge in [-0.2, -0.15) is 5.10 Å². The van der Waals surface area contributed by atoms with E-state index in [1.807, 2.05) is 30.9 Å². The molecule has 1 fully saturated rings. The van der Waals surface area contributed by atoms with Crippen LogP contribution in [0.2, 0.25) is 0 Å². The Labute approximate surface area is 125 Å². The fourth-order valence-electron chi connectivity index (χ4n) is 2.98. The molecular weight excluding hydrogens is 262 g/mol. The van der Waals surface area contributed by atoms with Gasteiger partial charge >= 0.3 is 0 Å². The second kappa shape index (κ2) is 6.24. The van der Waals surface area contributed by atoms with Crippen LogP contribution in [0.1, 0.15) is 44.1 Å². The SMILES string of the molecule is Cc1cnc(NC2CCCCCC2)nc1-c1ccnn1C. The van der Waals surface area contributed by atoms with E-state index in [-0.39, 0.29) is 0 Å². The van der Waals surface area contributed by atoms with Crippen LogP contribution in [0.4, 0.5) is 5.95 Å². The van der Waals surface area contributed by atoms with E-state index in [0.717, 1.165) is 22.9 Å². The van der Waals surface area contributed by atoms with E-state index in [9.17, 15) is 0 Å². The number of anilines is 1. The first-order valence-electron chi connectivity index (χ1n) is 7.82. The normalized spacial score (nSPS) is 16.7. The first kappa shape index (κ1) is 14.0. The molecule has 2 aromatic rings. The lowest BCUT2D eigenvalue weighted by Crippen LogP contribution is -2.20. The zero-order chi connectivity index (χ0) is 14.7. The van der Waals surface area contributed by atoms with E-state index >= 15 is 0 Å². The van der Waals surface area contributed by atoms with Gasteiger partial charge in [-0.3, -0.25) is 4.68 Å². The molecule has 21 heavy (non-hydrogen) atoms. The smallest absolute Gasteiger partial charge is 0.223 e. The molecule has 1 N–H and O–H groups in total. The summed E-state index contributed by atoms with van der Waals surface area (Å²) in [4.78, 5) is 9.17. The van der Waals surface area contributed by atoms with Gasteiger partial charge in [0.25, 0.3) is 0 Å². The minimum Gasteiger partial charge on any atom is -0.351 e. The molecule has 5 heteroatoms. The minimum atomic E-state index is 0.509. The molecule has 0 amide bonds. The largest absolute Gasteiger partial charge is 0.351 e. The predicted molar refractivity (Wildman–Crippen MR) is 84.1 cm³/mol. The second-order valence-electron chi connectivity index (χ2n) is 5.90. The van der Waals surface area contributed by atoms with Gasteiger partial charge in [-0.05, 0) is 31.4 Å². The lowest BCUT2D eigenvalue weighted by Gasteiger charge is -2.17. The Morgan fingerprint density at radius 1 is 1.19 bits per heavy atom. The zero-order valence-electron chi connectivity index (χ0n) is 12.8. The fourth-order valence-corrected chi connectivity index (χ4v) is 2.98. The molecule has 0 radical (unpaired) electrons. The molecule has 3 rings (SSSR count). The van der Waals surface area contributed by atoms with Crippen molar-refractivity contribution in [3.8, 4) is 11.4 Å². The van der Waals surface area contributed by atoms with Crippen molar-refractivity contribution in [2.45, 2.75) is 51.5 Å². The first-order chi connectivity index (χ1) is 10.2. The molecule has 0 unspecified atom stereocenters. The summed E-state index contributed by atoms with van der Waals surface area (Å²) >= 11 is 0. The quantitative estimate of drug-likeness (QED) is 0.879. The molecule has 0 aromatic carbocycles. The second-order valence-corrected chi connectivity index (χ2v) is 5.90. The molecule has 0 aliphatic heterocycles. The molecule has 0 spiro atoms. The maximum Gasteiger partial charge on any atom is 0.223 e. The van der Waals surface area contributed by atoms with Gasteiger partial charge in [-0.1, -0.05) is 25.7 Å². The van der Waals surface area contributed by atoms with Gasteiger partial charge < -0.3 is 5.32 Å². The van der Waals surface area contributed by atoms with E-state index < -0.39 is 0 Å². The summed E-state index contributed by atoms with van der Waals surface area (Å²) in [6.45, 7) is 2.04. The summed E-state index contributed by atoms with van der Waals surface area (Å²) in [5.41, 5.74) is 3.06. The maximum atomic E-state index is 4.72. The molecular formula is C16H23N5. The van der Waals surface area contributed by atoms with E-state index in [0.29, 0.717) is 6.04 Å². The average Bonchev–Trinajstić information content (AvgIpc) is 2.74.